The van der Waals surface area contributed by atoms with Crippen LogP contribution >= 0.6 is 0 Å². The second-order valence-corrected chi connectivity index (χ2v) is 3.14. The Hall–Kier alpha value is -0.640. The summed E-state index contributed by atoms with van der Waals surface area (Å²) in [4.78, 5) is 12.2. The van der Waals surface area contributed by atoms with E-state index in [2.05, 4.69) is 4.90 Å². The number of carbonyl (C=O) groups is 1. The van der Waals surface area contributed by atoms with Gasteiger partial charge in [0.05, 0.1) is 0 Å². The fourth-order valence-corrected chi connectivity index (χ4v) is 1.43. The topological polar surface area (TPSA) is 40.5 Å². The number of carboxylic acids is 1. The summed E-state index contributed by atoms with van der Waals surface area (Å²) in [5, 5.41) is 8.26. The second-order valence-electron chi connectivity index (χ2n) is 3.14. The molecule has 0 aromatic carbocycles. The number of hydrogen-bond donors (Lipinski definition) is 1. The van der Waals surface area contributed by atoms with Crippen molar-refractivity contribution in [3.63, 3.8) is 0 Å². The Bertz CT molecular complexity index is 157. The number of rotatable bonds is 4. The molecule has 1 aliphatic heterocycles. The smallest absolute Gasteiger partial charge is 0.338 e. The van der Waals surface area contributed by atoms with Crippen molar-refractivity contribution in [2.24, 2.45) is 0 Å². The molecule has 1 heterocycles. The lowest BCUT2D eigenvalue weighted by molar-refractivity contribution is -0.143. The largest absolute Gasteiger partial charge is 0.479 e. The third kappa shape index (κ3) is 2.77. The Morgan fingerprint density at radius 3 is 2.58 bits per heavy atom. The molecule has 0 amide bonds. The first-order valence-corrected chi connectivity index (χ1v) is 4.29. The molecule has 1 rings (SSSR count). The van der Waals surface area contributed by atoms with E-state index in [1.165, 1.54) is 0 Å². The molecule has 1 unspecified atom stereocenters. The van der Waals surface area contributed by atoms with Crippen LogP contribution in [0.5, 0.6) is 0 Å². The Morgan fingerprint density at radius 1 is 1.50 bits per heavy atom. The molecular weight excluding hydrogens is 161 g/mol. The van der Waals surface area contributed by atoms with Gasteiger partial charge in [-0.05, 0) is 25.9 Å². The molecule has 0 radical (unpaired) electrons. The molecule has 1 saturated heterocycles. The van der Waals surface area contributed by atoms with Crippen LogP contribution in [0.25, 0.3) is 0 Å². The normalized spacial score (nSPS) is 21.1. The number of nitrogens with zero attached hydrogens (tertiary/aromatic N) is 1. The Labute approximate surface area is 71.2 Å². The van der Waals surface area contributed by atoms with Crippen molar-refractivity contribution in [2.75, 3.05) is 19.6 Å². The summed E-state index contributed by atoms with van der Waals surface area (Å²) in [5.74, 6) is -1.34. The number of likely N-dealkylation sites (tertiary alicyclic amines) is 1. The van der Waals surface area contributed by atoms with E-state index in [-0.39, 0.29) is 6.42 Å². The van der Waals surface area contributed by atoms with Crippen LogP contribution in [0.3, 0.4) is 0 Å². The maximum atomic E-state index is 12.6. The summed E-state index contributed by atoms with van der Waals surface area (Å²) in [6.45, 7) is 2.56. The third-order valence-electron chi connectivity index (χ3n) is 2.17. The van der Waals surface area contributed by atoms with Crippen molar-refractivity contribution in [2.45, 2.75) is 25.4 Å². The van der Waals surface area contributed by atoms with Gasteiger partial charge < -0.3 is 10.0 Å². The average molecular weight is 175 g/mol. The standard InChI is InChI=1S/C8H14FNO2/c9-7(8(11)12)3-6-10-4-1-2-5-10/h7H,1-6H2,(H,11,12). The molecule has 1 N–H and O–H groups in total. The van der Waals surface area contributed by atoms with Crippen molar-refractivity contribution in [1.82, 2.24) is 4.90 Å². The highest BCUT2D eigenvalue weighted by Gasteiger charge is 2.18. The van der Waals surface area contributed by atoms with Crippen LogP contribution in [-0.4, -0.2) is 41.8 Å². The zero-order valence-corrected chi connectivity index (χ0v) is 7.00. The molecule has 12 heavy (non-hydrogen) atoms. The van der Waals surface area contributed by atoms with Gasteiger partial charge in [0.2, 0.25) is 0 Å². The van der Waals surface area contributed by atoms with E-state index in [0.717, 1.165) is 25.9 Å². The summed E-state index contributed by atoms with van der Waals surface area (Å²) < 4.78 is 12.6. The van der Waals surface area contributed by atoms with Gasteiger partial charge >= 0.3 is 5.97 Å². The molecule has 0 spiro atoms. The minimum atomic E-state index is -1.69. The molecule has 1 fully saturated rings. The van der Waals surface area contributed by atoms with E-state index in [9.17, 15) is 9.18 Å². The van der Waals surface area contributed by atoms with Crippen molar-refractivity contribution in [3.8, 4) is 0 Å². The van der Waals surface area contributed by atoms with Gasteiger partial charge in [-0.1, -0.05) is 0 Å². The number of hydrogen-bond acceptors (Lipinski definition) is 2. The lowest BCUT2D eigenvalue weighted by atomic mass is 10.2. The first-order chi connectivity index (χ1) is 5.70. The maximum Gasteiger partial charge on any atom is 0.338 e. The average Bonchev–Trinajstić information content (AvgIpc) is 2.51. The fourth-order valence-electron chi connectivity index (χ4n) is 1.43. The predicted octanol–water partition coefficient (Wildman–Crippen LogP) is 0.895. The van der Waals surface area contributed by atoms with Crippen molar-refractivity contribution < 1.29 is 14.3 Å². The zero-order chi connectivity index (χ0) is 8.97. The molecule has 3 nitrogen and oxygen atoms in total. The highest BCUT2D eigenvalue weighted by atomic mass is 19.1. The lowest BCUT2D eigenvalue weighted by Gasteiger charge is -2.14. The Kier molecular flexibility index (Phi) is 3.47. The van der Waals surface area contributed by atoms with Crippen LogP contribution in [0.2, 0.25) is 0 Å². The van der Waals surface area contributed by atoms with Crippen molar-refractivity contribution in [3.05, 3.63) is 0 Å². The molecule has 1 atom stereocenters. The predicted molar refractivity (Wildman–Crippen MR) is 42.8 cm³/mol. The molecule has 0 bridgehead atoms. The Balaban J connectivity index is 2.11. The highest BCUT2D eigenvalue weighted by Crippen LogP contribution is 2.09. The third-order valence-corrected chi connectivity index (χ3v) is 2.17. The van der Waals surface area contributed by atoms with E-state index in [1.54, 1.807) is 0 Å². The summed E-state index contributed by atoms with van der Waals surface area (Å²) >= 11 is 0. The van der Waals surface area contributed by atoms with Gasteiger partial charge in [-0.15, -0.1) is 0 Å². The van der Waals surface area contributed by atoms with Gasteiger partial charge in [0, 0.05) is 13.0 Å². The van der Waals surface area contributed by atoms with Gasteiger partial charge in [-0.3, -0.25) is 0 Å². The molecule has 0 saturated carbocycles. The molecule has 1 aliphatic rings. The zero-order valence-electron chi connectivity index (χ0n) is 7.00. The first kappa shape index (κ1) is 9.45. The number of carboxylic acid groups (broad SMARTS) is 1. The molecule has 70 valence electrons. The van der Waals surface area contributed by atoms with Gasteiger partial charge in [-0.25, -0.2) is 9.18 Å². The van der Waals surface area contributed by atoms with Gasteiger partial charge in [0.25, 0.3) is 0 Å². The first-order valence-electron chi connectivity index (χ1n) is 4.29. The number of halogens is 1. The van der Waals surface area contributed by atoms with Crippen LogP contribution < -0.4 is 0 Å². The van der Waals surface area contributed by atoms with E-state index in [4.69, 9.17) is 5.11 Å². The van der Waals surface area contributed by atoms with Crippen molar-refractivity contribution >= 4 is 5.97 Å². The molecule has 0 aromatic rings. The van der Waals surface area contributed by atoms with E-state index in [1.807, 2.05) is 0 Å². The fraction of sp³-hybridized carbons (Fsp3) is 0.875. The van der Waals surface area contributed by atoms with Gasteiger partial charge in [0.15, 0.2) is 6.17 Å². The Morgan fingerprint density at radius 2 is 2.08 bits per heavy atom. The monoisotopic (exact) mass is 175 g/mol. The van der Waals surface area contributed by atoms with Crippen LogP contribution in [0.1, 0.15) is 19.3 Å². The highest BCUT2D eigenvalue weighted by molar-refractivity contribution is 5.71. The maximum absolute atomic E-state index is 12.6. The molecular formula is C8H14FNO2. The number of alkyl halides is 1. The summed E-state index contributed by atoms with van der Waals surface area (Å²) in [6, 6.07) is 0. The quantitative estimate of drug-likeness (QED) is 0.690. The summed E-state index contributed by atoms with van der Waals surface area (Å²) in [5.41, 5.74) is 0. The molecule has 4 heteroatoms. The number of aliphatic carboxylic acids is 1. The second kappa shape index (κ2) is 4.40. The van der Waals surface area contributed by atoms with Crippen LogP contribution in [-0.2, 0) is 4.79 Å². The minimum Gasteiger partial charge on any atom is -0.479 e. The van der Waals surface area contributed by atoms with E-state index in [0.29, 0.717) is 6.54 Å². The van der Waals surface area contributed by atoms with Crippen molar-refractivity contribution in [1.29, 1.82) is 0 Å². The SMILES string of the molecule is O=C(O)C(F)CCN1CCCC1. The van der Waals surface area contributed by atoms with Crippen LogP contribution in [0, 0.1) is 0 Å². The lowest BCUT2D eigenvalue weighted by Crippen LogP contribution is -2.26. The molecule has 0 aliphatic carbocycles. The molecule has 0 aromatic heterocycles. The minimum absolute atomic E-state index is 0.120. The van der Waals surface area contributed by atoms with Crippen LogP contribution in [0.4, 0.5) is 4.39 Å². The van der Waals surface area contributed by atoms with E-state index < -0.39 is 12.1 Å². The van der Waals surface area contributed by atoms with Gasteiger partial charge in [-0.2, -0.15) is 0 Å². The van der Waals surface area contributed by atoms with Gasteiger partial charge in [0.1, 0.15) is 0 Å². The summed E-state index contributed by atoms with van der Waals surface area (Å²) in [7, 11) is 0. The van der Waals surface area contributed by atoms with E-state index >= 15 is 0 Å². The van der Waals surface area contributed by atoms with Crippen LogP contribution in [0.15, 0.2) is 0 Å². The summed E-state index contributed by atoms with van der Waals surface area (Å²) in [6.07, 6.45) is 0.745.